The summed E-state index contributed by atoms with van der Waals surface area (Å²) in [6.45, 7) is 10.2. The molecule has 0 saturated heterocycles. The normalized spacial score (nSPS) is 10.5. The first-order valence-corrected chi connectivity index (χ1v) is 8.77. The smallest absolute Gasteiger partial charge is 0.274 e. The highest BCUT2D eigenvalue weighted by Crippen LogP contribution is 2.23. The van der Waals surface area contributed by atoms with Gasteiger partial charge in [0.1, 0.15) is 5.69 Å². The zero-order valence-electron chi connectivity index (χ0n) is 15.1. The number of carbonyl (C=O) groups is 1. The van der Waals surface area contributed by atoms with Crippen LogP contribution in [0.15, 0.2) is 36.5 Å². The van der Waals surface area contributed by atoms with Crippen molar-refractivity contribution < 1.29 is 4.79 Å². The van der Waals surface area contributed by atoms with Gasteiger partial charge in [0.25, 0.3) is 5.91 Å². The molecule has 0 aliphatic carbocycles. The van der Waals surface area contributed by atoms with Crippen LogP contribution in [0.2, 0.25) is 0 Å². The fourth-order valence-electron chi connectivity index (χ4n) is 2.91. The molecule has 1 N–H and O–H groups in total. The molecule has 2 rings (SSSR count). The van der Waals surface area contributed by atoms with Crippen molar-refractivity contribution in [3.8, 4) is 0 Å². The summed E-state index contributed by atoms with van der Waals surface area (Å²) in [5, 5.41) is 3.08. The molecule has 128 valence electrons. The number of pyridine rings is 1. The van der Waals surface area contributed by atoms with Crippen LogP contribution in [0.3, 0.4) is 0 Å². The summed E-state index contributed by atoms with van der Waals surface area (Å²) in [5.74, 6) is -0.153. The molecule has 1 aromatic carbocycles. The van der Waals surface area contributed by atoms with Gasteiger partial charge in [-0.1, -0.05) is 32.0 Å². The molecule has 0 atom stereocenters. The third kappa shape index (κ3) is 3.94. The van der Waals surface area contributed by atoms with Crippen LogP contribution in [-0.4, -0.2) is 24.0 Å². The van der Waals surface area contributed by atoms with Crippen molar-refractivity contribution in [1.82, 2.24) is 4.98 Å². The van der Waals surface area contributed by atoms with Gasteiger partial charge in [-0.25, -0.2) is 0 Å². The lowest BCUT2D eigenvalue weighted by atomic mass is 10.0. The fraction of sp³-hybridized carbons (Fsp3) is 0.400. The maximum Gasteiger partial charge on any atom is 0.274 e. The van der Waals surface area contributed by atoms with Crippen molar-refractivity contribution in [3.05, 3.63) is 53.3 Å². The minimum absolute atomic E-state index is 0.153. The van der Waals surface area contributed by atoms with Crippen molar-refractivity contribution in [2.45, 2.75) is 40.5 Å². The molecule has 0 fully saturated rings. The number of nitrogens with zero attached hydrogens (tertiary/aromatic N) is 2. The van der Waals surface area contributed by atoms with Crippen molar-refractivity contribution in [2.24, 2.45) is 0 Å². The van der Waals surface area contributed by atoms with E-state index in [1.165, 1.54) is 0 Å². The Bertz CT molecular complexity index is 671. The van der Waals surface area contributed by atoms with E-state index in [1.807, 2.05) is 18.2 Å². The van der Waals surface area contributed by atoms with Crippen molar-refractivity contribution in [3.63, 3.8) is 0 Å². The summed E-state index contributed by atoms with van der Waals surface area (Å²) in [7, 11) is 0. The molecule has 0 aliphatic rings. The van der Waals surface area contributed by atoms with Gasteiger partial charge in [-0.3, -0.25) is 9.78 Å². The van der Waals surface area contributed by atoms with Gasteiger partial charge < -0.3 is 10.2 Å². The van der Waals surface area contributed by atoms with Crippen LogP contribution >= 0.6 is 0 Å². The predicted molar refractivity (Wildman–Crippen MR) is 101 cm³/mol. The van der Waals surface area contributed by atoms with E-state index in [4.69, 9.17) is 0 Å². The van der Waals surface area contributed by atoms with Crippen LogP contribution in [0, 0.1) is 0 Å². The average Bonchev–Trinajstić information content (AvgIpc) is 2.63. The van der Waals surface area contributed by atoms with E-state index in [0.717, 1.165) is 48.4 Å². The first-order valence-electron chi connectivity index (χ1n) is 8.77. The molecule has 0 aliphatic heterocycles. The molecular weight excluding hydrogens is 298 g/mol. The number of carbonyl (C=O) groups excluding carboxylic acids is 1. The van der Waals surface area contributed by atoms with Gasteiger partial charge in [0.15, 0.2) is 0 Å². The van der Waals surface area contributed by atoms with Crippen LogP contribution in [-0.2, 0) is 12.8 Å². The van der Waals surface area contributed by atoms with E-state index in [-0.39, 0.29) is 5.91 Å². The van der Waals surface area contributed by atoms with E-state index in [0.29, 0.717) is 5.69 Å². The van der Waals surface area contributed by atoms with Crippen molar-refractivity contribution in [2.75, 3.05) is 23.3 Å². The molecule has 4 heteroatoms. The van der Waals surface area contributed by atoms with Gasteiger partial charge >= 0.3 is 0 Å². The molecule has 24 heavy (non-hydrogen) atoms. The number of nitrogens with one attached hydrogen (secondary N) is 1. The van der Waals surface area contributed by atoms with E-state index in [9.17, 15) is 4.79 Å². The third-order valence-corrected chi connectivity index (χ3v) is 4.34. The molecule has 4 nitrogen and oxygen atoms in total. The molecule has 0 spiro atoms. The molecule has 0 bridgehead atoms. The number of rotatable bonds is 7. The van der Waals surface area contributed by atoms with E-state index >= 15 is 0 Å². The van der Waals surface area contributed by atoms with Gasteiger partial charge in [-0.15, -0.1) is 0 Å². The third-order valence-electron chi connectivity index (χ3n) is 4.34. The second kappa shape index (κ2) is 8.48. The highest BCUT2D eigenvalue weighted by Gasteiger charge is 2.14. The van der Waals surface area contributed by atoms with Crippen LogP contribution < -0.4 is 10.2 Å². The Morgan fingerprint density at radius 3 is 2.21 bits per heavy atom. The Kier molecular flexibility index (Phi) is 6.36. The monoisotopic (exact) mass is 325 g/mol. The standard InChI is InChI=1S/C20H27N3O/c1-5-15-10-9-11-16(6-2)19(15)22-20(24)18-14-17(12-13-21-18)23(7-3)8-4/h9-14H,5-8H2,1-4H3,(H,22,24). The van der Waals surface area contributed by atoms with E-state index < -0.39 is 0 Å². The van der Waals surface area contributed by atoms with Crippen molar-refractivity contribution in [1.29, 1.82) is 0 Å². The summed E-state index contributed by atoms with van der Waals surface area (Å²) in [6.07, 6.45) is 3.47. The largest absolute Gasteiger partial charge is 0.372 e. The summed E-state index contributed by atoms with van der Waals surface area (Å²) >= 11 is 0. The summed E-state index contributed by atoms with van der Waals surface area (Å²) in [6, 6.07) is 9.99. The van der Waals surface area contributed by atoms with Crippen LogP contribution in [0.5, 0.6) is 0 Å². The number of benzene rings is 1. The number of amides is 1. The number of aromatic nitrogens is 1. The summed E-state index contributed by atoms with van der Waals surface area (Å²) in [4.78, 5) is 19.2. The highest BCUT2D eigenvalue weighted by atomic mass is 16.1. The molecular formula is C20H27N3O. The molecule has 1 heterocycles. The molecule has 2 aromatic rings. The minimum Gasteiger partial charge on any atom is -0.372 e. The second-order valence-corrected chi connectivity index (χ2v) is 5.68. The quantitative estimate of drug-likeness (QED) is 0.825. The van der Waals surface area contributed by atoms with Crippen LogP contribution in [0.4, 0.5) is 11.4 Å². The topological polar surface area (TPSA) is 45.2 Å². The maximum absolute atomic E-state index is 12.7. The zero-order chi connectivity index (χ0) is 17.5. The number of aryl methyl sites for hydroxylation is 2. The van der Waals surface area contributed by atoms with Gasteiger partial charge in [0.2, 0.25) is 0 Å². The van der Waals surface area contributed by atoms with Crippen LogP contribution in [0.1, 0.15) is 49.3 Å². The van der Waals surface area contributed by atoms with E-state index in [2.05, 4.69) is 55.0 Å². The Morgan fingerprint density at radius 2 is 1.67 bits per heavy atom. The van der Waals surface area contributed by atoms with E-state index in [1.54, 1.807) is 6.20 Å². The maximum atomic E-state index is 12.7. The average molecular weight is 325 g/mol. The zero-order valence-corrected chi connectivity index (χ0v) is 15.1. The first kappa shape index (κ1) is 18.0. The Balaban J connectivity index is 2.29. The Hall–Kier alpha value is -2.36. The highest BCUT2D eigenvalue weighted by molar-refractivity contribution is 6.04. The summed E-state index contributed by atoms with van der Waals surface area (Å²) < 4.78 is 0. The fourth-order valence-corrected chi connectivity index (χ4v) is 2.91. The SMILES string of the molecule is CCc1cccc(CC)c1NC(=O)c1cc(N(CC)CC)ccn1. The Morgan fingerprint density at radius 1 is 1.04 bits per heavy atom. The molecule has 0 radical (unpaired) electrons. The van der Waals surface area contributed by atoms with Crippen molar-refractivity contribution >= 4 is 17.3 Å². The molecule has 0 unspecified atom stereocenters. The van der Waals surface area contributed by atoms with Gasteiger partial charge in [-0.2, -0.15) is 0 Å². The Labute approximate surface area is 144 Å². The lowest BCUT2D eigenvalue weighted by molar-refractivity contribution is 0.102. The van der Waals surface area contributed by atoms with Gasteiger partial charge in [0.05, 0.1) is 0 Å². The lowest BCUT2D eigenvalue weighted by Gasteiger charge is -2.21. The summed E-state index contributed by atoms with van der Waals surface area (Å²) in [5.41, 5.74) is 4.72. The predicted octanol–water partition coefficient (Wildman–Crippen LogP) is 4.30. The molecule has 0 saturated carbocycles. The first-order chi connectivity index (χ1) is 11.6. The molecule has 1 amide bonds. The minimum atomic E-state index is -0.153. The van der Waals surface area contributed by atoms with Crippen LogP contribution in [0.25, 0.3) is 0 Å². The van der Waals surface area contributed by atoms with Gasteiger partial charge in [0, 0.05) is 30.7 Å². The van der Waals surface area contributed by atoms with Gasteiger partial charge in [-0.05, 0) is 49.9 Å². The number of hydrogen-bond donors (Lipinski definition) is 1. The molecule has 1 aromatic heterocycles. The number of hydrogen-bond acceptors (Lipinski definition) is 3. The number of para-hydroxylation sites is 1. The lowest BCUT2D eigenvalue weighted by Crippen LogP contribution is -2.23. The number of anilines is 2. The second-order valence-electron chi connectivity index (χ2n) is 5.68.